The van der Waals surface area contributed by atoms with E-state index in [0.29, 0.717) is 32.4 Å². The van der Waals surface area contributed by atoms with Crippen LogP contribution in [0.15, 0.2) is 39.9 Å². The molecule has 2 amide bonds. The van der Waals surface area contributed by atoms with Crippen LogP contribution < -0.4 is 10.6 Å². The van der Waals surface area contributed by atoms with E-state index >= 15 is 0 Å². The molecular formula is C29H60N10O7. The fraction of sp³-hybridized carbons (Fsp3) is 0.759. The van der Waals surface area contributed by atoms with Crippen molar-refractivity contribution in [1.82, 2.24) is 10.6 Å². The number of hydrogen-bond donors (Lipinski definition) is 2. The number of unbranched alkanes of at least 4 members (excludes halogenated alkanes) is 4. The quantitative estimate of drug-likeness (QED) is 0.0483. The van der Waals surface area contributed by atoms with Crippen molar-refractivity contribution in [3.63, 3.8) is 0 Å². The van der Waals surface area contributed by atoms with Crippen molar-refractivity contribution in [1.29, 1.82) is 0 Å². The van der Waals surface area contributed by atoms with Crippen LogP contribution in [-0.4, -0.2) is 110 Å². The van der Waals surface area contributed by atoms with Gasteiger partial charge >= 0.3 is 18.3 Å². The summed E-state index contributed by atoms with van der Waals surface area (Å²) < 4.78 is 19.2. The first-order valence-corrected chi connectivity index (χ1v) is 12.4. The van der Waals surface area contributed by atoms with Gasteiger partial charge in [-0.25, -0.2) is 54.3 Å². The van der Waals surface area contributed by atoms with E-state index in [4.69, 9.17) is 14.2 Å². The molecule has 17 nitrogen and oxygen atoms in total. The molecule has 46 heavy (non-hydrogen) atoms. The zero-order chi connectivity index (χ0) is 29.4. The molecule has 17 heteroatoms. The molecular weight excluding hydrogens is 600 g/mol. The van der Waals surface area contributed by atoms with Gasteiger partial charge in [-0.1, -0.05) is 44.6 Å². The van der Waals surface area contributed by atoms with Gasteiger partial charge in [-0.3, -0.25) is 0 Å². The lowest BCUT2D eigenvalue weighted by Gasteiger charge is -2.08. The Bertz CT molecular complexity index is 981. The molecule has 0 fully saturated rings. The van der Waals surface area contributed by atoms with Crippen molar-refractivity contribution in [2.75, 3.05) is 67.2 Å². The number of nitrogens with zero attached hydrogens (tertiary/aromatic N) is 8. The predicted octanol–water partition coefficient (Wildman–Crippen LogP) is 6.53. The number of hydrogen-bond acceptors (Lipinski definition) is 15. The summed E-state index contributed by atoms with van der Waals surface area (Å²) in [6.07, 6.45) is 1.86. The predicted molar refractivity (Wildman–Crippen MR) is 185 cm³/mol. The lowest BCUT2D eigenvalue weighted by atomic mass is 10.2. The van der Waals surface area contributed by atoms with Gasteiger partial charge in [-0.15, -0.1) is 0 Å². The van der Waals surface area contributed by atoms with Crippen LogP contribution in [0, 0.1) is 0 Å². The average molecular weight is 661 g/mol. The Hall–Kier alpha value is -4.67. The lowest BCUT2D eigenvalue weighted by Crippen LogP contribution is -2.27. The zero-order valence-corrected chi connectivity index (χ0v) is 22.8. The monoisotopic (exact) mass is 660 g/mol. The second-order valence-corrected chi connectivity index (χ2v) is 7.11. The fourth-order valence-electron chi connectivity index (χ4n) is 2.29. The first kappa shape index (κ1) is 57.0. The molecule has 0 atom stereocenters. The van der Waals surface area contributed by atoms with E-state index in [0.717, 1.165) is 19.3 Å². The molecule has 0 saturated carbocycles. The second kappa shape index (κ2) is 47.3. The Morgan fingerprint density at radius 2 is 1.07 bits per heavy atom. The van der Waals surface area contributed by atoms with E-state index in [1.807, 2.05) is 0 Å². The summed E-state index contributed by atoms with van der Waals surface area (Å²) in [5.41, 5.74) is 0. The van der Waals surface area contributed by atoms with Crippen molar-refractivity contribution in [2.24, 2.45) is 39.9 Å². The van der Waals surface area contributed by atoms with Gasteiger partial charge in [0.15, 0.2) is 13.3 Å². The number of amides is 2. The van der Waals surface area contributed by atoms with E-state index < -0.39 is 25.1 Å². The molecule has 0 bridgehead atoms. The summed E-state index contributed by atoms with van der Waals surface area (Å²) in [5, 5.41) is 4.95. The lowest BCUT2D eigenvalue weighted by molar-refractivity contribution is -0.0150. The number of alkyl carbamates (subject to hydrolysis) is 2. The maximum atomic E-state index is 11.6. The molecule has 0 aromatic heterocycles. The van der Waals surface area contributed by atoms with Crippen LogP contribution >= 0.6 is 0 Å². The minimum atomic E-state index is -0.952. The highest BCUT2D eigenvalue weighted by Gasteiger charge is 2.07. The van der Waals surface area contributed by atoms with Crippen LogP contribution in [-0.2, 0) is 18.9 Å². The summed E-state index contributed by atoms with van der Waals surface area (Å²) >= 11 is 0. The van der Waals surface area contributed by atoms with Crippen molar-refractivity contribution < 1.29 is 33.3 Å². The van der Waals surface area contributed by atoms with Crippen LogP contribution in [0.2, 0.25) is 0 Å². The Labute approximate surface area is 276 Å². The van der Waals surface area contributed by atoms with E-state index in [2.05, 4.69) is 79.3 Å². The van der Waals surface area contributed by atoms with Crippen LogP contribution in [0.1, 0.15) is 83.1 Å². The van der Waals surface area contributed by atoms with E-state index in [9.17, 15) is 14.4 Å². The summed E-state index contributed by atoms with van der Waals surface area (Å²) in [7, 11) is 3.10. The third-order valence-electron chi connectivity index (χ3n) is 4.03. The Morgan fingerprint density at radius 3 is 1.67 bits per heavy atom. The zero-order valence-electron chi connectivity index (χ0n) is 22.8. The van der Waals surface area contributed by atoms with Crippen molar-refractivity contribution in [3.8, 4) is 0 Å². The minimum absolute atomic E-state index is 0. The maximum Gasteiger partial charge on any atom is 0.511 e. The molecule has 0 radical (unpaired) electrons. The van der Waals surface area contributed by atoms with Gasteiger partial charge in [0.1, 0.15) is 6.67 Å². The fourth-order valence-corrected chi connectivity index (χ4v) is 2.29. The molecule has 0 aromatic rings. The van der Waals surface area contributed by atoms with Gasteiger partial charge in [0.25, 0.3) is 0 Å². The molecule has 0 rings (SSSR count). The normalized spacial score (nSPS) is 7.87. The van der Waals surface area contributed by atoms with Gasteiger partial charge in [-0.2, -0.15) is 0 Å². The van der Waals surface area contributed by atoms with E-state index in [-0.39, 0.29) is 77.8 Å². The molecule has 0 aromatic carbocycles. The Kier molecular flexibility index (Phi) is 58.6. The highest BCUT2D eigenvalue weighted by atomic mass is 16.8. The van der Waals surface area contributed by atoms with Crippen molar-refractivity contribution in [3.05, 3.63) is 0 Å². The highest BCUT2D eigenvalue weighted by molar-refractivity contribution is 5.67. The van der Waals surface area contributed by atoms with Crippen molar-refractivity contribution in [2.45, 2.75) is 83.1 Å². The van der Waals surface area contributed by atoms with Crippen LogP contribution in [0.5, 0.6) is 0 Å². The molecule has 0 aliphatic heterocycles. The minimum Gasteiger partial charge on any atom is -0.450 e. The smallest absolute Gasteiger partial charge is 0.450 e. The van der Waals surface area contributed by atoms with Crippen molar-refractivity contribution >= 4 is 42.4 Å². The summed E-state index contributed by atoms with van der Waals surface area (Å²) in [4.78, 5) is 64.2. The van der Waals surface area contributed by atoms with Gasteiger partial charge in [0.2, 0.25) is 6.79 Å². The molecule has 0 spiro atoms. The molecule has 268 valence electrons. The van der Waals surface area contributed by atoms with Gasteiger partial charge in [-0.05, 0) is 38.5 Å². The van der Waals surface area contributed by atoms with Gasteiger partial charge < -0.3 is 29.6 Å². The molecule has 2 N–H and O–H groups in total. The molecule has 0 saturated heterocycles. The highest BCUT2D eigenvalue weighted by Crippen LogP contribution is 1.99. The third-order valence-corrected chi connectivity index (χ3v) is 4.03. The molecule has 0 unspecified atom stereocenters. The van der Waals surface area contributed by atoms with Gasteiger partial charge in [0.05, 0.1) is 37.2 Å². The average Bonchev–Trinajstić information content (AvgIpc) is 2.94. The van der Waals surface area contributed by atoms with Gasteiger partial charge in [0, 0.05) is 27.2 Å². The second-order valence-electron chi connectivity index (χ2n) is 7.11. The first-order valence-electron chi connectivity index (χ1n) is 12.4. The number of carbonyl (C=O) groups excluding carboxylic acids is 3. The largest absolute Gasteiger partial charge is 0.511 e. The topological polar surface area (TPSA) is 211 Å². The SMILES string of the molecule is C.C.C.C.C.C.CN=C=NCN=C=NCCCCCNC(=O)OCOC(=O)OCCCCCOC(=O)NCN=C=NCN=C=NC. The molecule has 0 aliphatic carbocycles. The maximum absolute atomic E-state index is 11.6. The Morgan fingerprint density at radius 1 is 0.543 bits per heavy atom. The number of carbonyl (C=O) groups is 3. The van der Waals surface area contributed by atoms with E-state index in [1.165, 1.54) is 7.05 Å². The standard InChI is InChI=1S/C23H36N10O7.6CH4/c1-24-13-27-16-29-15-26-9-5-3-6-10-32-21(34)39-20-40-23(36)38-12-8-4-7-11-37-22(35)33-19-31-18-30-17-28-14-25-2;;;;;;/h3-12,16-17,19-20H2,1-2H3,(H,32,34)(H,33,35);6*1H4. The summed E-state index contributed by atoms with van der Waals surface area (Å²) in [6.45, 7) is 0.972. The Balaban J connectivity index is -0.000000507. The summed E-state index contributed by atoms with van der Waals surface area (Å²) in [5.74, 6) is 0. The number of rotatable bonds is 20. The molecule has 0 aliphatic rings. The number of aliphatic imine (C=N–C) groups is 8. The van der Waals surface area contributed by atoms with Crippen LogP contribution in [0.4, 0.5) is 14.4 Å². The number of nitrogens with one attached hydrogen (secondary N) is 2. The number of ether oxygens (including phenoxy) is 4. The third kappa shape index (κ3) is 46.3. The van der Waals surface area contributed by atoms with E-state index in [1.54, 1.807) is 7.05 Å². The van der Waals surface area contributed by atoms with Crippen LogP contribution in [0.25, 0.3) is 0 Å². The summed E-state index contributed by atoms with van der Waals surface area (Å²) in [6, 6.07) is 9.65. The molecule has 0 heterocycles. The van der Waals surface area contributed by atoms with Crippen LogP contribution in [0.3, 0.4) is 0 Å². The first-order chi connectivity index (χ1) is 19.6.